The molecule has 0 aliphatic rings. The molecule has 1 aromatic heterocycles. The van der Waals surface area contributed by atoms with Crippen molar-refractivity contribution < 1.29 is 14.2 Å². The van der Waals surface area contributed by atoms with E-state index in [1.165, 1.54) is 6.92 Å². The number of aromatic nitrogens is 1. The minimum absolute atomic E-state index is 0.00528. The Morgan fingerprint density at radius 3 is 2.33 bits per heavy atom. The van der Waals surface area contributed by atoms with Crippen molar-refractivity contribution in [1.82, 2.24) is 0 Å². The third kappa shape index (κ3) is 2.88. The van der Waals surface area contributed by atoms with Crippen LogP contribution in [0.1, 0.15) is 27.6 Å². The van der Waals surface area contributed by atoms with Crippen LogP contribution >= 0.6 is 0 Å². The van der Waals surface area contributed by atoms with Crippen LogP contribution in [0.25, 0.3) is 0 Å². The summed E-state index contributed by atoms with van der Waals surface area (Å²) in [7, 11) is 0. The Hall–Kier alpha value is -2.29. The van der Waals surface area contributed by atoms with E-state index in [4.69, 9.17) is 0 Å². The third-order valence-electron chi connectivity index (χ3n) is 2.69. The van der Waals surface area contributed by atoms with Crippen LogP contribution in [-0.2, 0) is 6.54 Å². The van der Waals surface area contributed by atoms with E-state index in [0.717, 1.165) is 0 Å². The topological polar surface area (TPSA) is 38.0 Å². The fourth-order valence-corrected chi connectivity index (χ4v) is 1.71. The van der Waals surface area contributed by atoms with E-state index in [0.29, 0.717) is 11.1 Å². The van der Waals surface area contributed by atoms with Crippen LogP contribution in [0.5, 0.6) is 0 Å². The summed E-state index contributed by atoms with van der Waals surface area (Å²) in [5, 5.41) is 0. The molecule has 0 N–H and O–H groups in total. The minimum atomic E-state index is -0.0305. The van der Waals surface area contributed by atoms with E-state index in [1.54, 1.807) is 24.3 Å². The smallest absolute Gasteiger partial charge is 0.227 e. The predicted molar refractivity (Wildman–Crippen MR) is 67.4 cm³/mol. The van der Waals surface area contributed by atoms with Crippen molar-refractivity contribution in [2.75, 3.05) is 0 Å². The lowest BCUT2D eigenvalue weighted by molar-refractivity contribution is -0.683. The highest BCUT2D eigenvalue weighted by atomic mass is 16.1. The maximum absolute atomic E-state index is 12.1. The van der Waals surface area contributed by atoms with Gasteiger partial charge in [-0.25, -0.2) is 0 Å². The number of Topliss-reactive ketones (excluding diaryl/α,β-unsaturated/α-hetero) is 2. The van der Waals surface area contributed by atoms with Crippen molar-refractivity contribution in [3.63, 3.8) is 0 Å². The lowest BCUT2D eigenvalue weighted by atomic mass is 10.1. The van der Waals surface area contributed by atoms with Gasteiger partial charge < -0.3 is 0 Å². The molecule has 0 saturated heterocycles. The van der Waals surface area contributed by atoms with Gasteiger partial charge in [-0.3, -0.25) is 9.59 Å². The van der Waals surface area contributed by atoms with Crippen molar-refractivity contribution in [2.24, 2.45) is 0 Å². The molecule has 0 fully saturated rings. The second kappa shape index (κ2) is 5.36. The molecule has 2 rings (SSSR count). The SMILES string of the molecule is CC(=O)c1cccc(C(=O)C[n+]2ccccc2)c1. The molecule has 0 bridgehead atoms. The van der Waals surface area contributed by atoms with Gasteiger partial charge in [-0.2, -0.15) is 4.57 Å². The summed E-state index contributed by atoms with van der Waals surface area (Å²) >= 11 is 0. The number of ketones is 2. The van der Waals surface area contributed by atoms with Crippen LogP contribution in [0.2, 0.25) is 0 Å². The number of carbonyl (C=O) groups is 2. The molecule has 1 aromatic carbocycles. The minimum Gasteiger partial charge on any atom is -0.295 e. The van der Waals surface area contributed by atoms with Crippen LogP contribution in [0.15, 0.2) is 54.9 Å². The van der Waals surface area contributed by atoms with Gasteiger partial charge in [0.1, 0.15) is 0 Å². The molecule has 3 heteroatoms. The van der Waals surface area contributed by atoms with E-state index in [1.807, 2.05) is 35.2 Å². The molecule has 3 nitrogen and oxygen atoms in total. The third-order valence-corrected chi connectivity index (χ3v) is 2.69. The molecule has 90 valence electrons. The van der Waals surface area contributed by atoms with Crippen LogP contribution in [0, 0.1) is 0 Å². The summed E-state index contributed by atoms with van der Waals surface area (Å²) in [6.07, 6.45) is 3.68. The average Bonchev–Trinajstić information content (AvgIpc) is 2.40. The van der Waals surface area contributed by atoms with Gasteiger partial charge in [-0.1, -0.05) is 24.3 Å². The van der Waals surface area contributed by atoms with E-state index in [-0.39, 0.29) is 18.1 Å². The van der Waals surface area contributed by atoms with E-state index in [9.17, 15) is 9.59 Å². The fraction of sp³-hybridized carbons (Fsp3) is 0.133. The molecule has 0 saturated carbocycles. The van der Waals surface area contributed by atoms with Crippen molar-refractivity contribution in [2.45, 2.75) is 13.5 Å². The monoisotopic (exact) mass is 240 g/mol. The van der Waals surface area contributed by atoms with Crippen LogP contribution in [0.4, 0.5) is 0 Å². The average molecular weight is 240 g/mol. The van der Waals surface area contributed by atoms with Gasteiger partial charge in [0.25, 0.3) is 0 Å². The second-order valence-electron chi connectivity index (χ2n) is 4.11. The number of hydrogen-bond donors (Lipinski definition) is 0. The largest absolute Gasteiger partial charge is 0.295 e. The molecule has 2 aromatic rings. The maximum atomic E-state index is 12.1. The molecule has 0 atom stereocenters. The zero-order valence-electron chi connectivity index (χ0n) is 10.2. The number of benzene rings is 1. The predicted octanol–water partition coefficient (Wildman–Crippen LogP) is 2.06. The Labute approximate surface area is 106 Å². The molecule has 18 heavy (non-hydrogen) atoms. The Bertz CT molecular complexity index is 576. The quantitative estimate of drug-likeness (QED) is 0.606. The summed E-state index contributed by atoms with van der Waals surface area (Å²) in [5.74, 6) is -0.0358. The van der Waals surface area contributed by atoms with Gasteiger partial charge in [0, 0.05) is 23.3 Å². The Balaban J connectivity index is 2.19. The molecule has 0 unspecified atom stereocenters. The molecule has 1 heterocycles. The standard InChI is InChI=1S/C15H14NO2/c1-12(17)13-6-5-7-14(10-13)15(18)11-16-8-3-2-4-9-16/h2-10H,11H2,1H3/q+1. The lowest BCUT2D eigenvalue weighted by Crippen LogP contribution is -2.36. The maximum Gasteiger partial charge on any atom is 0.227 e. The highest BCUT2D eigenvalue weighted by Gasteiger charge is 2.12. The number of carbonyl (C=O) groups excluding carboxylic acids is 2. The van der Waals surface area contributed by atoms with E-state index >= 15 is 0 Å². The highest BCUT2D eigenvalue weighted by Crippen LogP contribution is 2.07. The fourth-order valence-electron chi connectivity index (χ4n) is 1.71. The molecule has 0 amide bonds. The summed E-state index contributed by atoms with van der Waals surface area (Å²) in [4.78, 5) is 23.3. The number of nitrogens with zero attached hydrogens (tertiary/aromatic N) is 1. The molecular formula is C15H14NO2+. The van der Waals surface area contributed by atoms with Gasteiger partial charge in [0.2, 0.25) is 12.3 Å². The lowest BCUT2D eigenvalue weighted by Gasteiger charge is -2.00. The molecular weight excluding hydrogens is 226 g/mol. The van der Waals surface area contributed by atoms with Crippen molar-refractivity contribution >= 4 is 11.6 Å². The summed E-state index contributed by atoms with van der Waals surface area (Å²) in [6, 6.07) is 12.5. The zero-order chi connectivity index (χ0) is 13.0. The Morgan fingerprint density at radius 2 is 1.67 bits per heavy atom. The Kier molecular flexibility index (Phi) is 3.63. The number of pyridine rings is 1. The van der Waals surface area contributed by atoms with Gasteiger partial charge in [-0.15, -0.1) is 0 Å². The van der Waals surface area contributed by atoms with Crippen LogP contribution in [-0.4, -0.2) is 11.6 Å². The van der Waals surface area contributed by atoms with Crippen molar-refractivity contribution in [1.29, 1.82) is 0 Å². The van der Waals surface area contributed by atoms with E-state index < -0.39 is 0 Å². The summed E-state index contributed by atoms with van der Waals surface area (Å²) in [6.45, 7) is 1.78. The van der Waals surface area contributed by atoms with Crippen LogP contribution < -0.4 is 4.57 Å². The molecule has 0 spiro atoms. The first kappa shape index (κ1) is 12.2. The molecule has 0 aliphatic heterocycles. The summed E-state index contributed by atoms with van der Waals surface area (Å²) < 4.78 is 1.81. The number of rotatable bonds is 4. The summed E-state index contributed by atoms with van der Waals surface area (Å²) in [5.41, 5.74) is 1.14. The van der Waals surface area contributed by atoms with Gasteiger partial charge in [0.05, 0.1) is 0 Å². The first-order valence-electron chi connectivity index (χ1n) is 5.75. The Morgan fingerprint density at radius 1 is 1.00 bits per heavy atom. The second-order valence-corrected chi connectivity index (χ2v) is 4.11. The van der Waals surface area contributed by atoms with Crippen molar-refractivity contribution in [3.05, 3.63) is 66.0 Å². The van der Waals surface area contributed by atoms with Gasteiger partial charge >= 0.3 is 0 Å². The molecule has 0 radical (unpaired) electrons. The van der Waals surface area contributed by atoms with Crippen molar-refractivity contribution in [3.8, 4) is 0 Å². The normalized spacial score (nSPS) is 10.1. The first-order chi connectivity index (χ1) is 8.66. The van der Waals surface area contributed by atoms with E-state index in [2.05, 4.69) is 0 Å². The van der Waals surface area contributed by atoms with Gasteiger partial charge in [-0.05, 0) is 13.0 Å². The van der Waals surface area contributed by atoms with Crippen LogP contribution in [0.3, 0.4) is 0 Å². The zero-order valence-corrected chi connectivity index (χ0v) is 10.2. The highest BCUT2D eigenvalue weighted by molar-refractivity contribution is 5.99. The number of hydrogen-bond acceptors (Lipinski definition) is 2. The first-order valence-corrected chi connectivity index (χ1v) is 5.75. The van der Waals surface area contributed by atoms with Gasteiger partial charge in [0.15, 0.2) is 18.2 Å². The molecule has 0 aliphatic carbocycles.